The van der Waals surface area contributed by atoms with Crippen molar-refractivity contribution in [1.82, 2.24) is 4.98 Å². The molecule has 0 unspecified atom stereocenters. The predicted molar refractivity (Wildman–Crippen MR) is 92.7 cm³/mol. The topological polar surface area (TPSA) is 75.1 Å². The number of anilines is 1. The summed E-state index contributed by atoms with van der Waals surface area (Å²) in [5, 5.41) is 2.88. The Hall–Kier alpha value is -2.34. The SMILES string of the molecule is Cc1ccc(NC(=O)CCc2ccc3oc(=O)[nH]c3c2)cc1Br. The molecule has 0 aliphatic heterocycles. The highest BCUT2D eigenvalue weighted by molar-refractivity contribution is 9.10. The number of amides is 1. The Labute approximate surface area is 140 Å². The van der Waals surface area contributed by atoms with Gasteiger partial charge in [-0.2, -0.15) is 0 Å². The van der Waals surface area contributed by atoms with Crippen molar-refractivity contribution in [3.8, 4) is 0 Å². The number of hydrogen-bond acceptors (Lipinski definition) is 3. The fourth-order valence-electron chi connectivity index (χ4n) is 2.31. The van der Waals surface area contributed by atoms with Crippen LogP contribution in [0.3, 0.4) is 0 Å². The van der Waals surface area contributed by atoms with Gasteiger partial charge in [0.2, 0.25) is 5.91 Å². The first kappa shape index (κ1) is 15.6. The minimum absolute atomic E-state index is 0.0541. The first-order valence-electron chi connectivity index (χ1n) is 7.19. The van der Waals surface area contributed by atoms with E-state index >= 15 is 0 Å². The van der Waals surface area contributed by atoms with Crippen LogP contribution in [0.4, 0.5) is 5.69 Å². The van der Waals surface area contributed by atoms with Gasteiger partial charge in [-0.1, -0.05) is 28.1 Å². The molecule has 3 rings (SSSR count). The van der Waals surface area contributed by atoms with E-state index in [9.17, 15) is 9.59 Å². The Morgan fingerprint density at radius 3 is 2.87 bits per heavy atom. The lowest BCUT2D eigenvalue weighted by Crippen LogP contribution is -2.12. The molecule has 0 saturated carbocycles. The maximum atomic E-state index is 12.0. The van der Waals surface area contributed by atoms with Gasteiger partial charge in [0.25, 0.3) is 0 Å². The molecule has 6 heteroatoms. The third kappa shape index (κ3) is 3.71. The largest absolute Gasteiger partial charge is 0.417 e. The van der Waals surface area contributed by atoms with Crippen molar-refractivity contribution in [2.45, 2.75) is 19.8 Å². The average molecular weight is 375 g/mol. The first-order chi connectivity index (χ1) is 11.0. The van der Waals surface area contributed by atoms with Gasteiger partial charge in [0.05, 0.1) is 5.52 Å². The summed E-state index contributed by atoms with van der Waals surface area (Å²) >= 11 is 3.45. The summed E-state index contributed by atoms with van der Waals surface area (Å²) in [4.78, 5) is 25.8. The molecular formula is C17H15BrN2O3. The molecule has 0 saturated heterocycles. The van der Waals surface area contributed by atoms with E-state index in [1.807, 2.05) is 37.3 Å². The van der Waals surface area contributed by atoms with Gasteiger partial charge < -0.3 is 9.73 Å². The standard InChI is InChI=1S/C17H15BrN2O3/c1-10-2-5-12(9-13(10)18)19-16(21)7-4-11-3-6-15-14(8-11)20-17(22)23-15/h2-3,5-6,8-9H,4,7H2,1H3,(H,19,21)(H,20,22). The maximum Gasteiger partial charge on any atom is 0.417 e. The predicted octanol–water partition coefficient (Wildman–Crippen LogP) is 3.76. The number of halogens is 1. The zero-order valence-electron chi connectivity index (χ0n) is 12.5. The van der Waals surface area contributed by atoms with Crippen LogP contribution in [0.25, 0.3) is 11.1 Å². The lowest BCUT2D eigenvalue weighted by atomic mass is 10.1. The van der Waals surface area contributed by atoms with E-state index < -0.39 is 5.76 Å². The van der Waals surface area contributed by atoms with Crippen LogP contribution in [0.5, 0.6) is 0 Å². The smallest absolute Gasteiger partial charge is 0.408 e. The highest BCUT2D eigenvalue weighted by Gasteiger charge is 2.06. The number of aryl methyl sites for hydroxylation is 2. The number of rotatable bonds is 4. The first-order valence-corrected chi connectivity index (χ1v) is 7.98. The van der Waals surface area contributed by atoms with Crippen LogP contribution in [-0.2, 0) is 11.2 Å². The number of aromatic amines is 1. The van der Waals surface area contributed by atoms with Crippen molar-refractivity contribution in [2.75, 3.05) is 5.32 Å². The summed E-state index contributed by atoms with van der Waals surface area (Å²) in [6.07, 6.45) is 0.946. The van der Waals surface area contributed by atoms with Crippen molar-refractivity contribution in [3.63, 3.8) is 0 Å². The van der Waals surface area contributed by atoms with Crippen LogP contribution in [0.2, 0.25) is 0 Å². The van der Waals surface area contributed by atoms with E-state index in [-0.39, 0.29) is 5.91 Å². The van der Waals surface area contributed by atoms with E-state index in [4.69, 9.17) is 4.42 Å². The van der Waals surface area contributed by atoms with Crippen molar-refractivity contribution < 1.29 is 9.21 Å². The van der Waals surface area contributed by atoms with E-state index in [0.29, 0.717) is 23.9 Å². The Bertz CT molecular complexity index is 927. The zero-order valence-corrected chi connectivity index (χ0v) is 14.1. The van der Waals surface area contributed by atoms with Crippen molar-refractivity contribution in [1.29, 1.82) is 0 Å². The molecule has 0 bridgehead atoms. The molecule has 0 aliphatic rings. The minimum atomic E-state index is -0.472. The van der Waals surface area contributed by atoms with Gasteiger partial charge in [-0.25, -0.2) is 4.79 Å². The second-order valence-corrected chi connectivity index (χ2v) is 6.21. The molecule has 2 aromatic carbocycles. The van der Waals surface area contributed by atoms with E-state index in [0.717, 1.165) is 21.3 Å². The number of carbonyl (C=O) groups is 1. The normalized spacial score (nSPS) is 10.9. The molecule has 0 aliphatic carbocycles. The van der Waals surface area contributed by atoms with Crippen LogP contribution in [-0.4, -0.2) is 10.9 Å². The van der Waals surface area contributed by atoms with Gasteiger partial charge in [-0.05, 0) is 48.7 Å². The third-order valence-corrected chi connectivity index (χ3v) is 4.43. The van der Waals surface area contributed by atoms with Crippen LogP contribution in [0.15, 0.2) is 50.1 Å². The highest BCUT2D eigenvalue weighted by atomic mass is 79.9. The summed E-state index contributed by atoms with van der Waals surface area (Å²) in [6, 6.07) is 11.1. The van der Waals surface area contributed by atoms with Crippen LogP contribution in [0, 0.1) is 6.92 Å². The zero-order chi connectivity index (χ0) is 16.4. The van der Waals surface area contributed by atoms with Gasteiger partial charge in [0.1, 0.15) is 0 Å². The molecule has 1 aromatic heterocycles. The van der Waals surface area contributed by atoms with Gasteiger partial charge in [-0.15, -0.1) is 0 Å². The monoisotopic (exact) mass is 374 g/mol. The van der Waals surface area contributed by atoms with Gasteiger partial charge in [-0.3, -0.25) is 9.78 Å². The Balaban J connectivity index is 1.63. The highest BCUT2D eigenvalue weighted by Crippen LogP contribution is 2.21. The van der Waals surface area contributed by atoms with Crippen molar-refractivity contribution >= 4 is 38.6 Å². The van der Waals surface area contributed by atoms with Crippen molar-refractivity contribution in [2.24, 2.45) is 0 Å². The summed E-state index contributed by atoms with van der Waals surface area (Å²) < 4.78 is 5.92. The summed E-state index contributed by atoms with van der Waals surface area (Å²) in [6.45, 7) is 1.99. The van der Waals surface area contributed by atoms with E-state index in [2.05, 4.69) is 26.2 Å². The summed E-state index contributed by atoms with van der Waals surface area (Å²) in [5.41, 5.74) is 4.02. The van der Waals surface area contributed by atoms with E-state index in [1.54, 1.807) is 6.07 Å². The quantitative estimate of drug-likeness (QED) is 0.729. The number of fused-ring (bicyclic) bond motifs is 1. The molecular weight excluding hydrogens is 360 g/mol. The average Bonchev–Trinajstić information content (AvgIpc) is 2.88. The molecule has 0 spiro atoms. The fourth-order valence-corrected chi connectivity index (χ4v) is 2.69. The molecule has 5 nitrogen and oxygen atoms in total. The minimum Gasteiger partial charge on any atom is -0.408 e. The van der Waals surface area contributed by atoms with Gasteiger partial charge in [0.15, 0.2) is 5.58 Å². The van der Waals surface area contributed by atoms with Gasteiger partial charge in [0, 0.05) is 16.6 Å². The molecule has 118 valence electrons. The van der Waals surface area contributed by atoms with Crippen molar-refractivity contribution in [3.05, 3.63) is 62.5 Å². The van der Waals surface area contributed by atoms with Gasteiger partial charge >= 0.3 is 5.76 Å². The van der Waals surface area contributed by atoms with E-state index in [1.165, 1.54) is 0 Å². The Morgan fingerprint density at radius 1 is 1.26 bits per heavy atom. The second kappa shape index (κ2) is 6.42. The number of aromatic nitrogens is 1. The maximum absolute atomic E-state index is 12.0. The molecule has 2 N–H and O–H groups in total. The Morgan fingerprint density at radius 2 is 2.09 bits per heavy atom. The second-order valence-electron chi connectivity index (χ2n) is 5.36. The molecule has 1 amide bonds. The fraction of sp³-hybridized carbons (Fsp3) is 0.176. The lowest BCUT2D eigenvalue weighted by molar-refractivity contribution is -0.116. The van der Waals surface area contributed by atoms with Crippen LogP contribution < -0.4 is 11.1 Å². The molecule has 23 heavy (non-hydrogen) atoms. The Kier molecular flexibility index (Phi) is 4.34. The number of hydrogen-bond donors (Lipinski definition) is 2. The third-order valence-electron chi connectivity index (χ3n) is 3.58. The number of benzene rings is 2. The molecule has 0 atom stereocenters. The summed E-state index contributed by atoms with van der Waals surface area (Å²) in [7, 11) is 0. The number of oxazole rings is 1. The lowest BCUT2D eigenvalue weighted by Gasteiger charge is -2.07. The number of H-pyrrole nitrogens is 1. The van der Waals surface area contributed by atoms with Crippen LogP contribution in [0.1, 0.15) is 17.5 Å². The van der Waals surface area contributed by atoms with Crippen LogP contribution >= 0.6 is 15.9 Å². The summed E-state index contributed by atoms with van der Waals surface area (Å²) in [5.74, 6) is -0.527. The molecule has 0 fully saturated rings. The number of nitrogens with one attached hydrogen (secondary N) is 2. The molecule has 1 heterocycles. The molecule has 0 radical (unpaired) electrons. The molecule has 3 aromatic rings. The number of carbonyl (C=O) groups excluding carboxylic acids is 1.